The van der Waals surface area contributed by atoms with Gasteiger partial charge in [0.05, 0.1) is 23.8 Å². The molecule has 2 N–H and O–H groups in total. The van der Waals surface area contributed by atoms with Crippen molar-refractivity contribution in [3.8, 4) is 34.7 Å². The fourth-order valence-electron chi connectivity index (χ4n) is 5.14. The first-order chi connectivity index (χ1) is 17.9. The highest BCUT2D eigenvalue weighted by Crippen LogP contribution is 2.36. The van der Waals surface area contributed by atoms with Crippen LogP contribution in [0.1, 0.15) is 62.3 Å². The Bertz CT molecular complexity index is 1330. The lowest BCUT2D eigenvalue weighted by molar-refractivity contribution is 0.0830. The molecule has 0 spiro atoms. The molecule has 0 bridgehead atoms. The number of urea groups is 1. The van der Waals surface area contributed by atoms with E-state index in [1.807, 2.05) is 32.0 Å². The summed E-state index contributed by atoms with van der Waals surface area (Å²) < 4.78 is 11.3. The van der Waals surface area contributed by atoms with E-state index in [4.69, 9.17) is 9.26 Å². The number of amides is 2. The van der Waals surface area contributed by atoms with E-state index in [1.54, 1.807) is 23.1 Å². The number of β-amino-alcohol motifs (C(OH)–C–C–N with tert-alkyl or cyclic N) is 1. The third kappa shape index (κ3) is 5.30. The first kappa shape index (κ1) is 24.8. The second kappa shape index (κ2) is 10.6. The smallest absolute Gasteiger partial charge is 0.317 e. The number of piperidine rings is 1. The van der Waals surface area contributed by atoms with Crippen LogP contribution >= 0.6 is 0 Å². The van der Waals surface area contributed by atoms with Gasteiger partial charge in [0, 0.05) is 24.2 Å². The summed E-state index contributed by atoms with van der Waals surface area (Å²) in [4.78, 5) is 19.2. The molecule has 1 aliphatic heterocycles. The van der Waals surface area contributed by atoms with Crippen LogP contribution in [0.15, 0.2) is 40.9 Å². The number of aliphatic hydroxyl groups excluding tert-OH is 1. The minimum atomic E-state index is -0.458. The van der Waals surface area contributed by atoms with Gasteiger partial charge in [-0.15, -0.1) is 0 Å². The van der Waals surface area contributed by atoms with Crippen molar-refractivity contribution >= 4 is 6.03 Å². The molecule has 2 amide bonds. The summed E-state index contributed by atoms with van der Waals surface area (Å²) in [6.07, 6.45) is 3.66. The third-order valence-corrected chi connectivity index (χ3v) is 6.87. The zero-order valence-corrected chi connectivity index (χ0v) is 21.1. The van der Waals surface area contributed by atoms with Gasteiger partial charge in [0.2, 0.25) is 5.82 Å². The number of carbonyl (C=O) groups excluding carboxylic acids is 1. The number of nitrogens with one attached hydrogen (secondary N) is 1. The van der Waals surface area contributed by atoms with Gasteiger partial charge in [-0.25, -0.2) is 4.79 Å². The van der Waals surface area contributed by atoms with Gasteiger partial charge in [-0.3, -0.25) is 0 Å². The lowest BCUT2D eigenvalue weighted by atomic mass is 9.84. The highest BCUT2D eigenvalue weighted by atomic mass is 16.5. The van der Waals surface area contributed by atoms with Crippen LogP contribution < -0.4 is 10.1 Å². The van der Waals surface area contributed by atoms with Crippen molar-refractivity contribution < 1.29 is 19.2 Å². The second-order valence-electron chi connectivity index (χ2n) is 9.92. The van der Waals surface area contributed by atoms with Gasteiger partial charge >= 0.3 is 6.03 Å². The number of likely N-dealkylation sites (tertiary alicyclic amines) is 1. The first-order valence-corrected chi connectivity index (χ1v) is 12.8. The quantitative estimate of drug-likeness (QED) is 0.523. The standard InChI is InChI=1S/C28H31N5O4/c1-17(2)36-25-12-11-18(14-19(25)15-29)27-31-26(32-37-27)23-9-3-8-22-21(23)7-4-10-24(22)30-28(35)33-13-5-6-20(34)16-33/h3,8-9,11-12,14,17,20,24,34H,4-7,10,13,16H2,1-2H3,(H,30,35)/t20-,24-/m0/s1. The van der Waals surface area contributed by atoms with E-state index in [0.29, 0.717) is 41.7 Å². The SMILES string of the molecule is CC(C)Oc1ccc(-c2nc(-c3cccc4c3CCC[C@@H]4NC(=O)N3CCC[C@H](O)C3)no2)cc1C#N. The maximum absolute atomic E-state index is 12.9. The normalized spacial score (nSPS) is 19.3. The highest BCUT2D eigenvalue weighted by Gasteiger charge is 2.29. The van der Waals surface area contributed by atoms with E-state index in [1.165, 1.54) is 0 Å². The summed E-state index contributed by atoms with van der Waals surface area (Å²) in [6, 6.07) is 13.1. The van der Waals surface area contributed by atoms with Gasteiger partial charge in [-0.05, 0) is 75.3 Å². The van der Waals surface area contributed by atoms with Crippen LogP contribution in [0.4, 0.5) is 4.79 Å². The summed E-state index contributed by atoms with van der Waals surface area (Å²) >= 11 is 0. The van der Waals surface area contributed by atoms with E-state index in [9.17, 15) is 15.2 Å². The molecule has 2 aromatic carbocycles. The summed E-state index contributed by atoms with van der Waals surface area (Å²) in [5, 5.41) is 26.9. The molecule has 3 aromatic rings. The molecular formula is C28H31N5O4. The number of fused-ring (bicyclic) bond motifs is 1. The maximum Gasteiger partial charge on any atom is 0.317 e. The van der Waals surface area contributed by atoms with Gasteiger partial charge < -0.3 is 24.6 Å². The molecule has 9 heteroatoms. The minimum absolute atomic E-state index is 0.0442. The molecule has 1 fully saturated rings. The average molecular weight is 502 g/mol. The fraction of sp³-hybridized carbons (Fsp3) is 0.429. The predicted molar refractivity (Wildman–Crippen MR) is 137 cm³/mol. The van der Waals surface area contributed by atoms with Gasteiger partial charge in [-0.1, -0.05) is 23.4 Å². The summed E-state index contributed by atoms with van der Waals surface area (Å²) in [7, 11) is 0. The zero-order valence-electron chi connectivity index (χ0n) is 21.1. The van der Waals surface area contributed by atoms with E-state index in [0.717, 1.165) is 48.8 Å². The van der Waals surface area contributed by atoms with Crippen LogP contribution in [0.2, 0.25) is 0 Å². The Balaban J connectivity index is 1.39. The Morgan fingerprint density at radius 2 is 2.14 bits per heavy atom. The fourth-order valence-corrected chi connectivity index (χ4v) is 5.14. The Morgan fingerprint density at radius 1 is 1.27 bits per heavy atom. The number of nitrogens with zero attached hydrogens (tertiary/aromatic N) is 4. The Labute approximate surface area is 216 Å². The summed E-state index contributed by atoms with van der Waals surface area (Å²) in [5.41, 5.74) is 4.08. The van der Waals surface area contributed by atoms with Crippen molar-refractivity contribution in [3.63, 3.8) is 0 Å². The molecule has 9 nitrogen and oxygen atoms in total. The molecule has 2 heterocycles. The van der Waals surface area contributed by atoms with Gasteiger partial charge in [0.25, 0.3) is 5.89 Å². The molecule has 2 atom stereocenters. The number of hydrogen-bond acceptors (Lipinski definition) is 7. The number of carbonyl (C=O) groups is 1. The van der Waals surface area contributed by atoms with Crippen molar-refractivity contribution in [1.29, 1.82) is 5.26 Å². The lowest BCUT2D eigenvalue weighted by Gasteiger charge is -2.33. The molecule has 0 unspecified atom stereocenters. The molecule has 5 rings (SSSR count). The largest absolute Gasteiger partial charge is 0.490 e. The van der Waals surface area contributed by atoms with E-state index in [-0.39, 0.29) is 18.2 Å². The van der Waals surface area contributed by atoms with Crippen molar-refractivity contribution in [3.05, 3.63) is 53.1 Å². The van der Waals surface area contributed by atoms with Crippen LogP contribution in [0.25, 0.3) is 22.8 Å². The van der Waals surface area contributed by atoms with E-state index in [2.05, 4.69) is 21.5 Å². The van der Waals surface area contributed by atoms with Crippen LogP contribution in [-0.2, 0) is 6.42 Å². The second-order valence-corrected chi connectivity index (χ2v) is 9.92. The number of aromatic nitrogens is 2. The molecule has 37 heavy (non-hydrogen) atoms. The van der Waals surface area contributed by atoms with Gasteiger partial charge in [-0.2, -0.15) is 10.2 Å². The Hall–Kier alpha value is -3.90. The highest BCUT2D eigenvalue weighted by molar-refractivity contribution is 5.75. The predicted octanol–water partition coefficient (Wildman–Crippen LogP) is 4.61. The molecule has 2 aliphatic rings. The molecule has 192 valence electrons. The van der Waals surface area contributed by atoms with Crippen molar-refractivity contribution in [2.75, 3.05) is 13.1 Å². The minimum Gasteiger partial charge on any atom is -0.490 e. The molecular weight excluding hydrogens is 470 g/mol. The van der Waals surface area contributed by atoms with Crippen molar-refractivity contribution in [1.82, 2.24) is 20.4 Å². The molecule has 1 aliphatic carbocycles. The average Bonchev–Trinajstić information content (AvgIpc) is 3.38. The van der Waals surface area contributed by atoms with Crippen LogP contribution in [0.3, 0.4) is 0 Å². The van der Waals surface area contributed by atoms with Crippen molar-refractivity contribution in [2.45, 2.75) is 64.2 Å². The molecule has 1 saturated heterocycles. The summed E-state index contributed by atoms with van der Waals surface area (Å²) in [5.74, 6) is 1.31. The number of aliphatic hydroxyl groups is 1. The lowest BCUT2D eigenvalue weighted by Crippen LogP contribution is -2.48. The van der Waals surface area contributed by atoms with Gasteiger partial charge in [0.15, 0.2) is 0 Å². The molecule has 1 aromatic heterocycles. The van der Waals surface area contributed by atoms with E-state index >= 15 is 0 Å². The zero-order chi connectivity index (χ0) is 25.9. The monoisotopic (exact) mass is 501 g/mol. The Morgan fingerprint density at radius 3 is 2.92 bits per heavy atom. The molecule has 0 saturated carbocycles. The van der Waals surface area contributed by atoms with Crippen molar-refractivity contribution in [2.24, 2.45) is 0 Å². The van der Waals surface area contributed by atoms with Crippen LogP contribution in [0, 0.1) is 11.3 Å². The number of nitriles is 1. The molecule has 0 radical (unpaired) electrons. The topological polar surface area (TPSA) is 125 Å². The number of hydrogen-bond donors (Lipinski definition) is 2. The van der Waals surface area contributed by atoms with Gasteiger partial charge in [0.1, 0.15) is 11.8 Å². The Kier molecular flexibility index (Phi) is 7.10. The number of rotatable bonds is 5. The first-order valence-electron chi connectivity index (χ1n) is 12.8. The summed E-state index contributed by atoms with van der Waals surface area (Å²) in [6.45, 7) is 4.85. The van der Waals surface area contributed by atoms with Crippen LogP contribution in [0.5, 0.6) is 5.75 Å². The van der Waals surface area contributed by atoms with E-state index < -0.39 is 6.10 Å². The third-order valence-electron chi connectivity index (χ3n) is 6.87. The van der Waals surface area contributed by atoms with Crippen LogP contribution in [-0.4, -0.2) is 51.5 Å². The number of ether oxygens (including phenoxy) is 1. The maximum atomic E-state index is 12.9. The number of benzene rings is 2.